The molecule has 3 nitrogen and oxygen atoms in total. The predicted molar refractivity (Wildman–Crippen MR) is 223 cm³/mol. The molecule has 0 saturated heterocycles. The highest BCUT2D eigenvalue weighted by Gasteiger charge is 2.20. The first-order valence-corrected chi connectivity index (χ1v) is 18.2. The average molecular weight is 699 g/mol. The van der Waals surface area contributed by atoms with Crippen molar-refractivity contribution in [2.75, 3.05) is 0 Å². The number of hydrogen-bond acceptors (Lipinski definition) is 4. The van der Waals surface area contributed by atoms with Gasteiger partial charge in [-0.1, -0.05) is 170 Å². The topological polar surface area (TPSA) is 38.7 Å². The fraction of sp³-hybridized carbons (Fsp3) is 0. The Hall–Kier alpha value is -6.75. The molecule has 4 heteroatoms. The summed E-state index contributed by atoms with van der Waals surface area (Å²) >= 11 is 1.52. The van der Waals surface area contributed by atoms with Crippen molar-refractivity contribution in [1.29, 1.82) is 0 Å². The highest BCUT2D eigenvalue weighted by Crippen LogP contribution is 2.45. The smallest absolute Gasteiger partial charge is 0.164 e. The van der Waals surface area contributed by atoms with Crippen molar-refractivity contribution in [3.8, 4) is 67.5 Å². The molecule has 0 spiro atoms. The van der Waals surface area contributed by atoms with E-state index < -0.39 is 6.04 Å². The van der Waals surface area contributed by atoms with Crippen LogP contribution in [0.5, 0.6) is 0 Å². The molecule has 0 aliphatic carbocycles. The molecule has 0 unspecified atom stereocenters. The van der Waals surface area contributed by atoms with Crippen LogP contribution in [0.1, 0.15) is 6.85 Å². The van der Waals surface area contributed by atoms with Crippen molar-refractivity contribution < 1.29 is 6.85 Å². The Balaban J connectivity index is 1.20. The van der Waals surface area contributed by atoms with Gasteiger partial charge in [-0.05, 0) is 56.8 Å². The summed E-state index contributed by atoms with van der Waals surface area (Å²) in [6.45, 7) is 0. The zero-order valence-corrected chi connectivity index (χ0v) is 29.1. The lowest BCUT2D eigenvalue weighted by Gasteiger charge is -2.11. The Morgan fingerprint density at radius 1 is 0.396 bits per heavy atom. The Bertz CT molecular complexity index is 3190. The summed E-state index contributed by atoms with van der Waals surface area (Å²) in [5, 5.41) is 4.16. The van der Waals surface area contributed by atoms with Crippen LogP contribution in [0.25, 0.3) is 98.5 Å². The van der Waals surface area contributed by atoms with Gasteiger partial charge in [-0.2, -0.15) is 0 Å². The van der Waals surface area contributed by atoms with Gasteiger partial charge in [0.2, 0.25) is 0 Å². The van der Waals surface area contributed by atoms with E-state index in [0.717, 1.165) is 59.1 Å². The first-order valence-electron chi connectivity index (χ1n) is 19.9. The summed E-state index contributed by atoms with van der Waals surface area (Å²) in [4.78, 5) is 15.3. The van der Waals surface area contributed by atoms with Crippen LogP contribution < -0.4 is 0 Å². The molecule has 0 saturated carbocycles. The third kappa shape index (κ3) is 5.66. The summed E-state index contributed by atoms with van der Waals surface area (Å²) in [5.41, 5.74) is 7.30. The van der Waals surface area contributed by atoms with Crippen LogP contribution in [0.15, 0.2) is 188 Å². The second-order valence-electron chi connectivity index (χ2n) is 12.8. The molecule has 0 aliphatic rings. The van der Waals surface area contributed by atoms with E-state index in [-0.39, 0.29) is 29.7 Å². The minimum absolute atomic E-state index is 0.169. The largest absolute Gasteiger partial charge is 0.208 e. The van der Waals surface area contributed by atoms with Gasteiger partial charge in [0, 0.05) is 42.4 Å². The van der Waals surface area contributed by atoms with Crippen LogP contribution in [0, 0.1) is 0 Å². The van der Waals surface area contributed by atoms with Gasteiger partial charge in [0.1, 0.15) is 0 Å². The molecule has 2 heterocycles. The Morgan fingerprint density at radius 3 is 1.77 bits per heavy atom. The lowest BCUT2D eigenvalue weighted by Crippen LogP contribution is -2.00. The number of aromatic nitrogens is 3. The molecule has 8 aromatic carbocycles. The molecular formula is C49H31N3S. The van der Waals surface area contributed by atoms with Crippen LogP contribution in [-0.4, -0.2) is 15.0 Å². The first-order chi connectivity index (χ1) is 28.3. The van der Waals surface area contributed by atoms with Crippen molar-refractivity contribution >= 4 is 42.3 Å². The molecule has 0 aliphatic heterocycles. The van der Waals surface area contributed by atoms with E-state index in [2.05, 4.69) is 72.8 Å². The van der Waals surface area contributed by atoms with Gasteiger partial charge < -0.3 is 0 Å². The molecule has 2 aromatic heterocycles. The SMILES string of the molecule is [2H]c1c([2H])c([2H])c(-c2cc(-c3ccccc3)cc3c2sc2cccc(-c4nc(-c5ccccc5)nc(-c5ccc(-c6cccc7ccccc67)cc5)n4)c23)c([2H])c1[2H]. The minimum Gasteiger partial charge on any atom is -0.208 e. The van der Waals surface area contributed by atoms with Crippen LogP contribution in [0.2, 0.25) is 0 Å². The van der Waals surface area contributed by atoms with Gasteiger partial charge in [0.25, 0.3) is 0 Å². The van der Waals surface area contributed by atoms with Crippen LogP contribution >= 0.6 is 11.3 Å². The Kier molecular flexibility index (Phi) is 6.45. The summed E-state index contributed by atoms with van der Waals surface area (Å²) in [6.07, 6.45) is 0. The number of benzene rings is 8. The number of rotatable bonds is 6. The molecular weight excluding hydrogens is 663 g/mol. The van der Waals surface area contributed by atoms with Crippen molar-refractivity contribution in [1.82, 2.24) is 15.0 Å². The molecule has 0 amide bonds. The van der Waals surface area contributed by atoms with E-state index in [1.165, 1.54) is 22.1 Å². The van der Waals surface area contributed by atoms with Gasteiger partial charge in [0.05, 0.1) is 6.85 Å². The fourth-order valence-electron chi connectivity index (χ4n) is 7.10. The van der Waals surface area contributed by atoms with Crippen molar-refractivity contribution in [2.24, 2.45) is 0 Å². The summed E-state index contributed by atoms with van der Waals surface area (Å²) in [5.74, 6) is 1.58. The van der Waals surface area contributed by atoms with Crippen LogP contribution in [0.4, 0.5) is 0 Å². The molecule has 0 atom stereocenters. The van der Waals surface area contributed by atoms with Gasteiger partial charge in [-0.25, -0.2) is 15.0 Å². The summed E-state index contributed by atoms with van der Waals surface area (Å²) in [7, 11) is 0. The molecule has 0 radical (unpaired) electrons. The maximum Gasteiger partial charge on any atom is 0.164 e. The highest BCUT2D eigenvalue weighted by atomic mass is 32.1. The molecule has 53 heavy (non-hydrogen) atoms. The monoisotopic (exact) mass is 698 g/mol. The lowest BCUT2D eigenvalue weighted by molar-refractivity contribution is 1.08. The molecule has 248 valence electrons. The van der Waals surface area contributed by atoms with Crippen molar-refractivity contribution in [3.63, 3.8) is 0 Å². The normalized spacial score (nSPS) is 12.7. The number of hydrogen-bond donors (Lipinski definition) is 0. The maximum absolute atomic E-state index is 8.95. The van der Waals surface area contributed by atoms with Crippen LogP contribution in [0.3, 0.4) is 0 Å². The van der Waals surface area contributed by atoms with Gasteiger partial charge >= 0.3 is 0 Å². The minimum atomic E-state index is -0.420. The third-order valence-electron chi connectivity index (χ3n) is 9.63. The number of nitrogens with zero attached hydrogens (tertiary/aromatic N) is 3. The molecule has 10 rings (SSSR count). The standard InChI is InChI=1S/C49H31N3S/c1-4-14-32(15-5-1)38-30-42(34-16-6-2-7-17-34)46-43(31-38)45-41(24-13-25-44(45)53-46)49-51-47(36-19-8-3-9-20-36)50-48(52-49)37-28-26-35(27-29-37)40-23-12-21-33-18-10-11-22-39(33)40/h1-31H/i2D,6D,7D,16D,17D. The predicted octanol–water partition coefficient (Wildman–Crippen LogP) is 13.4. The van der Waals surface area contributed by atoms with Gasteiger partial charge in [-0.3, -0.25) is 0 Å². The first kappa shape index (κ1) is 26.1. The van der Waals surface area contributed by atoms with Crippen molar-refractivity contribution in [3.05, 3.63) is 188 Å². The molecule has 10 aromatic rings. The lowest BCUT2D eigenvalue weighted by atomic mass is 9.95. The second-order valence-corrected chi connectivity index (χ2v) is 13.9. The van der Waals surface area contributed by atoms with Crippen LogP contribution in [-0.2, 0) is 0 Å². The third-order valence-corrected chi connectivity index (χ3v) is 10.8. The molecule has 0 N–H and O–H groups in total. The molecule has 0 bridgehead atoms. The Morgan fingerprint density at radius 2 is 1.00 bits per heavy atom. The Labute approximate surface area is 318 Å². The van der Waals surface area contributed by atoms with E-state index in [1.807, 2.05) is 84.9 Å². The zero-order chi connectivity index (χ0) is 39.5. The maximum atomic E-state index is 8.95. The summed E-state index contributed by atoms with van der Waals surface area (Å²) < 4.78 is 44.9. The van der Waals surface area contributed by atoms with E-state index in [0.29, 0.717) is 23.0 Å². The summed E-state index contributed by atoms with van der Waals surface area (Å²) in [6, 6.07) is 51.4. The number of fused-ring (bicyclic) bond motifs is 4. The highest BCUT2D eigenvalue weighted by molar-refractivity contribution is 7.26. The van der Waals surface area contributed by atoms with Gasteiger partial charge in [-0.15, -0.1) is 11.3 Å². The average Bonchev–Trinajstić information content (AvgIpc) is 3.67. The van der Waals surface area contributed by atoms with E-state index in [9.17, 15) is 0 Å². The van der Waals surface area contributed by atoms with Crippen molar-refractivity contribution in [2.45, 2.75) is 0 Å². The fourth-order valence-corrected chi connectivity index (χ4v) is 8.33. The molecule has 0 fully saturated rings. The van der Waals surface area contributed by atoms with Gasteiger partial charge in [0.15, 0.2) is 17.5 Å². The quantitative estimate of drug-likeness (QED) is 0.173. The number of thiophene rings is 1. The zero-order valence-electron chi connectivity index (χ0n) is 33.3. The van der Waals surface area contributed by atoms with E-state index in [1.54, 1.807) is 0 Å². The van der Waals surface area contributed by atoms with E-state index >= 15 is 0 Å². The second kappa shape index (κ2) is 13.1. The van der Waals surface area contributed by atoms with E-state index in [4.69, 9.17) is 21.8 Å².